The van der Waals surface area contributed by atoms with E-state index < -0.39 is 17.2 Å². The van der Waals surface area contributed by atoms with E-state index in [0.29, 0.717) is 17.9 Å². The van der Waals surface area contributed by atoms with E-state index in [9.17, 15) is 9.59 Å². The average Bonchev–Trinajstić information content (AvgIpc) is 3.19. The third-order valence-corrected chi connectivity index (χ3v) is 5.60. The number of allylic oxidation sites excluding steroid dienone is 1. The number of carbonyl (C=O) groups is 2. The first-order valence-electron chi connectivity index (χ1n) is 8.54. The van der Waals surface area contributed by atoms with Crippen molar-refractivity contribution in [3.05, 3.63) is 59.0 Å². The predicted molar refractivity (Wildman–Crippen MR) is 97.8 cm³/mol. The van der Waals surface area contributed by atoms with Crippen LogP contribution in [-0.2, 0) is 21.4 Å². The maximum absolute atomic E-state index is 12.2. The van der Waals surface area contributed by atoms with Crippen molar-refractivity contribution in [1.82, 2.24) is 4.57 Å². The highest BCUT2D eigenvalue weighted by atomic mass is 16.5. The van der Waals surface area contributed by atoms with Crippen molar-refractivity contribution < 1.29 is 14.3 Å². The van der Waals surface area contributed by atoms with Crippen molar-refractivity contribution in [2.24, 2.45) is 23.9 Å². The number of carbonyl (C=O) groups excluding carboxylic acids is 2. The molecule has 2 unspecified atom stereocenters. The van der Waals surface area contributed by atoms with Gasteiger partial charge in [-0.15, -0.1) is 0 Å². The Balaban J connectivity index is 1.91. The quantitative estimate of drug-likeness (QED) is 0.882. The molecule has 6 heteroatoms. The number of nitrogens with two attached hydrogens (primary N) is 2. The molecule has 6 nitrogen and oxygen atoms in total. The third-order valence-electron chi connectivity index (χ3n) is 5.60. The fourth-order valence-corrected chi connectivity index (χ4v) is 4.09. The number of benzene rings is 1. The fourth-order valence-electron chi connectivity index (χ4n) is 4.09. The Labute approximate surface area is 151 Å². The molecule has 0 bridgehead atoms. The molecule has 1 aliphatic heterocycles. The zero-order valence-corrected chi connectivity index (χ0v) is 14.8. The first-order valence-corrected chi connectivity index (χ1v) is 8.54. The third kappa shape index (κ3) is 2.18. The number of fused-ring (bicyclic) bond motifs is 1. The largest absolute Gasteiger partial charge is 0.495 e. The molecule has 2 heterocycles. The van der Waals surface area contributed by atoms with Crippen molar-refractivity contribution in [1.29, 1.82) is 0 Å². The SMILES string of the molecule is Cn1ccc2c(C3COC4=C3C=C(C(N)=O)CC4(C)C(N)=O)cccc21. The molecule has 4 rings (SSSR count). The minimum atomic E-state index is -1.06. The molecule has 1 aromatic heterocycles. The van der Waals surface area contributed by atoms with Gasteiger partial charge in [-0.3, -0.25) is 9.59 Å². The standard InChI is InChI=1S/C20H21N3O3/c1-20(19(22)25)9-11(18(21)24)8-14-15(10-26-17(14)20)12-4-3-5-16-13(12)6-7-23(16)2/h3-8,15H,9-10H2,1-2H3,(H2,21,24)(H2,22,25). The molecular weight excluding hydrogens is 330 g/mol. The van der Waals surface area contributed by atoms with Crippen LogP contribution in [0, 0.1) is 5.41 Å². The summed E-state index contributed by atoms with van der Waals surface area (Å²) >= 11 is 0. The van der Waals surface area contributed by atoms with Gasteiger partial charge in [0.25, 0.3) is 0 Å². The highest BCUT2D eigenvalue weighted by molar-refractivity contribution is 5.96. The van der Waals surface area contributed by atoms with Gasteiger partial charge in [0.1, 0.15) is 11.2 Å². The number of amides is 2. The van der Waals surface area contributed by atoms with E-state index in [1.165, 1.54) is 0 Å². The minimum Gasteiger partial charge on any atom is -0.495 e. The van der Waals surface area contributed by atoms with Crippen LogP contribution in [0.15, 0.2) is 53.4 Å². The highest BCUT2D eigenvalue weighted by Crippen LogP contribution is 2.49. The van der Waals surface area contributed by atoms with Crippen molar-refractivity contribution in [3.63, 3.8) is 0 Å². The second kappa shape index (κ2) is 5.49. The van der Waals surface area contributed by atoms with Crippen LogP contribution in [0.5, 0.6) is 0 Å². The highest BCUT2D eigenvalue weighted by Gasteiger charge is 2.47. The first-order chi connectivity index (χ1) is 12.3. The van der Waals surface area contributed by atoms with Crippen molar-refractivity contribution in [3.8, 4) is 0 Å². The van der Waals surface area contributed by atoms with Gasteiger partial charge in [0, 0.05) is 41.2 Å². The summed E-state index contributed by atoms with van der Waals surface area (Å²) in [5, 5.41) is 1.12. The summed E-state index contributed by atoms with van der Waals surface area (Å²) in [5.41, 5.74) is 13.6. The summed E-state index contributed by atoms with van der Waals surface area (Å²) in [6.45, 7) is 2.12. The van der Waals surface area contributed by atoms with Gasteiger partial charge in [-0.25, -0.2) is 0 Å². The van der Waals surface area contributed by atoms with Gasteiger partial charge in [0.2, 0.25) is 11.8 Å². The molecule has 0 saturated carbocycles. The topological polar surface area (TPSA) is 100 Å². The smallest absolute Gasteiger partial charge is 0.244 e. The van der Waals surface area contributed by atoms with Crippen LogP contribution in [0.4, 0.5) is 0 Å². The molecular formula is C20H21N3O3. The van der Waals surface area contributed by atoms with E-state index in [1.807, 2.05) is 19.3 Å². The van der Waals surface area contributed by atoms with Gasteiger partial charge in [-0.1, -0.05) is 12.1 Å². The molecule has 1 aromatic carbocycles. The summed E-state index contributed by atoms with van der Waals surface area (Å²) in [6, 6.07) is 8.19. The van der Waals surface area contributed by atoms with Crippen LogP contribution in [0.1, 0.15) is 24.8 Å². The summed E-state index contributed by atoms with van der Waals surface area (Å²) in [6.07, 6.45) is 3.96. The number of nitrogens with zero attached hydrogens (tertiary/aromatic N) is 1. The molecule has 0 saturated heterocycles. The lowest BCUT2D eigenvalue weighted by molar-refractivity contribution is -0.126. The molecule has 2 aliphatic rings. The molecule has 1 aliphatic carbocycles. The van der Waals surface area contributed by atoms with Crippen LogP contribution < -0.4 is 11.5 Å². The van der Waals surface area contributed by atoms with Gasteiger partial charge in [0.05, 0.1) is 6.61 Å². The normalized spacial score (nSPS) is 25.0. The molecule has 134 valence electrons. The minimum absolute atomic E-state index is 0.0792. The Hall–Kier alpha value is -3.02. The number of primary amides is 2. The van der Waals surface area contributed by atoms with Crippen molar-refractivity contribution in [2.45, 2.75) is 19.3 Å². The Bertz CT molecular complexity index is 1010. The monoisotopic (exact) mass is 351 g/mol. The molecule has 2 amide bonds. The lowest BCUT2D eigenvalue weighted by atomic mass is 9.73. The number of hydrogen-bond acceptors (Lipinski definition) is 3. The summed E-state index contributed by atoms with van der Waals surface area (Å²) in [5.74, 6) is -0.569. The number of aryl methyl sites for hydroxylation is 1. The molecule has 4 N–H and O–H groups in total. The van der Waals surface area contributed by atoms with Gasteiger partial charge in [-0.2, -0.15) is 0 Å². The number of rotatable bonds is 3. The maximum atomic E-state index is 12.2. The van der Waals surface area contributed by atoms with Crippen LogP contribution in [0.2, 0.25) is 0 Å². The lowest BCUT2D eigenvalue weighted by Crippen LogP contribution is -2.40. The van der Waals surface area contributed by atoms with Gasteiger partial charge in [-0.05, 0) is 37.1 Å². The molecule has 0 fully saturated rings. The van der Waals surface area contributed by atoms with Gasteiger partial charge in [0.15, 0.2) is 0 Å². The van der Waals surface area contributed by atoms with E-state index in [2.05, 4.69) is 22.8 Å². The number of aromatic nitrogens is 1. The lowest BCUT2D eigenvalue weighted by Gasteiger charge is -2.31. The maximum Gasteiger partial charge on any atom is 0.244 e. The Morgan fingerprint density at radius 2 is 2.04 bits per heavy atom. The Morgan fingerprint density at radius 3 is 2.73 bits per heavy atom. The van der Waals surface area contributed by atoms with Gasteiger partial charge < -0.3 is 20.8 Å². The van der Waals surface area contributed by atoms with Crippen molar-refractivity contribution in [2.75, 3.05) is 6.61 Å². The van der Waals surface area contributed by atoms with E-state index >= 15 is 0 Å². The second-order valence-corrected chi connectivity index (χ2v) is 7.26. The Kier molecular flexibility index (Phi) is 3.47. The van der Waals surface area contributed by atoms with Gasteiger partial charge >= 0.3 is 0 Å². The number of ether oxygens (including phenoxy) is 1. The second-order valence-electron chi connectivity index (χ2n) is 7.26. The molecule has 0 spiro atoms. The summed E-state index contributed by atoms with van der Waals surface area (Å²) in [4.78, 5) is 24.0. The number of hydrogen-bond donors (Lipinski definition) is 2. The van der Waals surface area contributed by atoms with E-state index in [1.54, 1.807) is 13.0 Å². The summed E-state index contributed by atoms with van der Waals surface area (Å²) in [7, 11) is 2.00. The molecule has 0 radical (unpaired) electrons. The Morgan fingerprint density at radius 1 is 1.27 bits per heavy atom. The molecule has 2 aromatic rings. The zero-order valence-electron chi connectivity index (χ0n) is 14.8. The van der Waals surface area contributed by atoms with Crippen LogP contribution >= 0.6 is 0 Å². The molecule has 26 heavy (non-hydrogen) atoms. The van der Waals surface area contributed by atoms with E-state index in [-0.39, 0.29) is 12.3 Å². The van der Waals surface area contributed by atoms with Crippen molar-refractivity contribution >= 4 is 22.7 Å². The molecule has 2 atom stereocenters. The first kappa shape index (κ1) is 16.4. The fraction of sp³-hybridized carbons (Fsp3) is 0.300. The summed E-state index contributed by atoms with van der Waals surface area (Å²) < 4.78 is 8.02. The van der Waals surface area contributed by atoms with E-state index in [4.69, 9.17) is 16.2 Å². The van der Waals surface area contributed by atoms with E-state index in [0.717, 1.165) is 22.0 Å². The van der Waals surface area contributed by atoms with Crippen LogP contribution in [0.3, 0.4) is 0 Å². The zero-order chi connectivity index (χ0) is 18.6. The average molecular weight is 351 g/mol. The van der Waals surface area contributed by atoms with Crippen LogP contribution in [0.25, 0.3) is 10.9 Å². The van der Waals surface area contributed by atoms with Crippen LogP contribution in [-0.4, -0.2) is 23.0 Å². The predicted octanol–water partition coefficient (Wildman–Crippen LogP) is 1.85.